The molecular weight excluding hydrogens is 358 g/mol. The third-order valence-electron chi connectivity index (χ3n) is 4.56. The van der Waals surface area contributed by atoms with Crippen molar-refractivity contribution in [2.45, 2.75) is 0 Å². The minimum atomic E-state index is -0.417. The lowest BCUT2D eigenvalue weighted by atomic mass is 10.1. The molecule has 2 amide bonds. The van der Waals surface area contributed by atoms with Crippen molar-refractivity contribution in [3.63, 3.8) is 0 Å². The Bertz CT molecular complexity index is 1120. The highest BCUT2D eigenvalue weighted by Gasteiger charge is 2.30. The van der Waals surface area contributed by atoms with Gasteiger partial charge in [0.25, 0.3) is 11.8 Å². The summed E-state index contributed by atoms with van der Waals surface area (Å²) in [6.07, 6.45) is 1.43. The Labute approximate surface area is 160 Å². The van der Waals surface area contributed by atoms with Gasteiger partial charge in [-0.2, -0.15) is 5.10 Å². The Morgan fingerprint density at radius 3 is 2.79 bits per heavy atom. The summed E-state index contributed by atoms with van der Waals surface area (Å²) in [5.74, 6) is -0.289. The number of rotatable bonds is 5. The highest BCUT2D eigenvalue weighted by Crippen LogP contribution is 2.36. The fourth-order valence-corrected chi connectivity index (χ4v) is 3.27. The van der Waals surface area contributed by atoms with Crippen LogP contribution < -0.4 is 15.1 Å². The van der Waals surface area contributed by atoms with Crippen molar-refractivity contribution in [2.24, 2.45) is 5.10 Å². The van der Waals surface area contributed by atoms with E-state index < -0.39 is 5.91 Å². The van der Waals surface area contributed by atoms with Crippen molar-refractivity contribution < 1.29 is 19.4 Å². The largest absolute Gasteiger partial charge is 0.504 e. The lowest BCUT2D eigenvalue weighted by molar-refractivity contribution is -0.119. The highest BCUT2D eigenvalue weighted by molar-refractivity contribution is 6.26. The molecule has 7 nitrogen and oxygen atoms in total. The maximum absolute atomic E-state index is 12.7. The number of hydrogen-bond acceptors (Lipinski definition) is 5. The Hall–Kier alpha value is -3.87. The first kappa shape index (κ1) is 17.5. The summed E-state index contributed by atoms with van der Waals surface area (Å²) in [6.45, 7) is -0.136. The van der Waals surface area contributed by atoms with E-state index in [0.29, 0.717) is 16.9 Å². The van der Waals surface area contributed by atoms with E-state index in [0.717, 1.165) is 16.5 Å². The van der Waals surface area contributed by atoms with E-state index in [1.54, 1.807) is 18.2 Å². The summed E-state index contributed by atoms with van der Waals surface area (Å²) in [5.41, 5.74) is 4.39. The van der Waals surface area contributed by atoms with Crippen LogP contribution in [0.3, 0.4) is 0 Å². The summed E-state index contributed by atoms with van der Waals surface area (Å²) in [4.78, 5) is 26.4. The number of hydrogen-bond donors (Lipinski definition) is 2. The molecule has 0 unspecified atom stereocenters. The first-order chi connectivity index (χ1) is 13.6. The first-order valence-electron chi connectivity index (χ1n) is 8.61. The van der Waals surface area contributed by atoms with Crippen LogP contribution in [-0.2, 0) is 4.79 Å². The molecule has 1 aliphatic rings. The number of benzene rings is 3. The number of carbonyl (C=O) groups is 2. The molecule has 0 bridgehead atoms. The Balaban J connectivity index is 1.46. The third kappa shape index (κ3) is 3.03. The molecule has 4 rings (SSSR count). The first-order valence-corrected chi connectivity index (χ1v) is 8.61. The number of methoxy groups -OCH3 is 1. The number of nitrogens with zero attached hydrogens (tertiary/aromatic N) is 2. The molecule has 1 aliphatic heterocycles. The van der Waals surface area contributed by atoms with Crippen LogP contribution in [0.25, 0.3) is 10.8 Å². The van der Waals surface area contributed by atoms with E-state index in [-0.39, 0.29) is 18.2 Å². The smallest absolute Gasteiger partial charge is 0.260 e. The summed E-state index contributed by atoms with van der Waals surface area (Å²) in [7, 11) is 1.45. The second kappa shape index (κ2) is 7.03. The van der Waals surface area contributed by atoms with E-state index in [1.807, 2.05) is 30.3 Å². The van der Waals surface area contributed by atoms with Gasteiger partial charge in [-0.25, -0.2) is 5.43 Å². The van der Waals surface area contributed by atoms with Crippen molar-refractivity contribution in [2.75, 3.05) is 18.6 Å². The van der Waals surface area contributed by atoms with Crippen molar-refractivity contribution in [3.05, 3.63) is 65.7 Å². The molecule has 0 atom stereocenters. The van der Waals surface area contributed by atoms with Gasteiger partial charge in [0.15, 0.2) is 11.5 Å². The zero-order valence-corrected chi connectivity index (χ0v) is 15.0. The van der Waals surface area contributed by atoms with Crippen molar-refractivity contribution in [3.8, 4) is 11.5 Å². The van der Waals surface area contributed by atoms with Gasteiger partial charge in [0.05, 0.1) is 19.0 Å². The molecule has 0 spiro atoms. The normalized spacial score (nSPS) is 12.8. The highest BCUT2D eigenvalue weighted by atomic mass is 16.5. The number of carbonyl (C=O) groups excluding carboxylic acids is 2. The molecular formula is C21H17N3O4. The second-order valence-electron chi connectivity index (χ2n) is 6.30. The van der Waals surface area contributed by atoms with Gasteiger partial charge >= 0.3 is 0 Å². The number of anilines is 1. The monoisotopic (exact) mass is 375 g/mol. The third-order valence-corrected chi connectivity index (χ3v) is 4.56. The average Bonchev–Trinajstić information content (AvgIpc) is 2.97. The fourth-order valence-electron chi connectivity index (χ4n) is 3.27. The Morgan fingerprint density at radius 1 is 1.21 bits per heavy atom. The van der Waals surface area contributed by atoms with Crippen molar-refractivity contribution >= 4 is 34.5 Å². The van der Waals surface area contributed by atoms with Gasteiger partial charge in [-0.3, -0.25) is 14.5 Å². The van der Waals surface area contributed by atoms with Crippen LogP contribution in [0.15, 0.2) is 59.7 Å². The molecule has 1 heterocycles. The van der Waals surface area contributed by atoms with Gasteiger partial charge in [-0.05, 0) is 41.3 Å². The Morgan fingerprint density at radius 2 is 2.00 bits per heavy atom. The maximum Gasteiger partial charge on any atom is 0.260 e. The molecule has 2 N–H and O–H groups in total. The second-order valence-corrected chi connectivity index (χ2v) is 6.30. The van der Waals surface area contributed by atoms with Gasteiger partial charge in [0.1, 0.15) is 6.54 Å². The quantitative estimate of drug-likeness (QED) is 0.530. The molecule has 3 aromatic carbocycles. The molecule has 28 heavy (non-hydrogen) atoms. The molecule has 0 saturated carbocycles. The molecule has 0 saturated heterocycles. The summed E-state index contributed by atoms with van der Waals surface area (Å²) in [5, 5.41) is 15.3. The van der Waals surface area contributed by atoms with Gasteiger partial charge in [0.2, 0.25) is 0 Å². The number of phenolic OH excluding ortho intramolecular Hbond substituents is 1. The lowest BCUT2D eigenvalue weighted by Crippen LogP contribution is -2.37. The van der Waals surface area contributed by atoms with E-state index in [2.05, 4.69) is 10.5 Å². The molecule has 0 aromatic heterocycles. The van der Waals surface area contributed by atoms with E-state index in [4.69, 9.17) is 4.74 Å². The summed E-state index contributed by atoms with van der Waals surface area (Å²) < 4.78 is 5.03. The van der Waals surface area contributed by atoms with Gasteiger partial charge in [0, 0.05) is 10.9 Å². The molecule has 0 aliphatic carbocycles. The number of nitrogens with one attached hydrogen (secondary N) is 1. The van der Waals surface area contributed by atoms with Crippen LogP contribution in [0.5, 0.6) is 11.5 Å². The number of phenols is 1. The van der Waals surface area contributed by atoms with Crippen LogP contribution in [0.1, 0.15) is 15.9 Å². The zero-order chi connectivity index (χ0) is 19.7. The minimum Gasteiger partial charge on any atom is -0.504 e. The van der Waals surface area contributed by atoms with Gasteiger partial charge < -0.3 is 9.84 Å². The van der Waals surface area contributed by atoms with Crippen LogP contribution in [-0.4, -0.2) is 36.8 Å². The number of amides is 2. The van der Waals surface area contributed by atoms with Crippen molar-refractivity contribution in [1.82, 2.24) is 5.43 Å². The molecule has 7 heteroatoms. The predicted molar refractivity (Wildman–Crippen MR) is 106 cm³/mol. The number of ether oxygens (including phenoxy) is 1. The molecule has 3 aromatic rings. The van der Waals surface area contributed by atoms with Crippen LogP contribution in [0, 0.1) is 0 Å². The van der Waals surface area contributed by atoms with Crippen LogP contribution in [0.4, 0.5) is 5.69 Å². The standard InChI is InChI=1S/C21H17N3O4/c1-28-18-10-13(8-9-17(18)25)11-22-23-19(26)12-24-16-7-3-5-14-4-2-6-15(20(14)16)21(24)27/h2-11,25H,12H2,1H3,(H,23,26)/b22-11+. The average molecular weight is 375 g/mol. The van der Waals surface area contributed by atoms with Gasteiger partial charge in [-0.15, -0.1) is 0 Å². The van der Waals surface area contributed by atoms with E-state index in [9.17, 15) is 14.7 Å². The summed E-state index contributed by atoms with van der Waals surface area (Å²) >= 11 is 0. The molecule has 0 radical (unpaired) electrons. The minimum absolute atomic E-state index is 0.0185. The fraction of sp³-hybridized carbons (Fsp3) is 0.0952. The predicted octanol–water partition coefficient (Wildman–Crippen LogP) is 2.66. The molecule has 0 fully saturated rings. The number of hydrazone groups is 1. The Kier molecular flexibility index (Phi) is 4.41. The van der Waals surface area contributed by atoms with Crippen LogP contribution >= 0.6 is 0 Å². The number of aromatic hydroxyl groups is 1. The summed E-state index contributed by atoms with van der Waals surface area (Å²) in [6, 6.07) is 15.9. The maximum atomic E-state index is 12.7. The van der Waals surface area contributed by atoms with Crippen LogP contribution in [0.2, 0.25) is 0 Å². The van der Waals surface area contributed by atoms with Gasteiger partial charge in [-0.1, -0.05) is 24.3 Å². The zero-order valence-electron chi connectivity index (χ0n) is 15.0. The van der Waals surface area contributed by atoms with E-state index >= 15 is 0 Å². The van der Waals surface area contributed by atoms with E-state index in [1.165, 1.54) is 24.3 Å². The topological polar surface area (TPSA) is 91.2 Å². The lowest BCUT2D eigenvalue weighted by Gasteiger charge is -2.16. The van der Waals surface area contributed by atoms with Crippen molar-refractivity contribution in [1.29, 1.82) is 0 Å². The molecule has 140 valence electrons. The SMILES string of the molecule is COc1cc(/C=N/NC(=O)CN2C(=O)c3cccc4cccc2c34)ccc1O.